The molecule has 1 fully saturated rings. The minimum absolute atomic E-state index is 0.0773. The summed E-state index contributed by atoms with van der Waals surface area (Å²) in [5.41, 5.74) is 6.36. The molecule has 1 aromatic heterocycles. The van der Waals surface area contributed by atoms with Crippen LogP contribution in [0.2, 0.25) is 0 Å². The predicted molar refractivity (Wildman–Crippen MR) is 103 cm³/mol. The molecule has 1 aliphatic rings. The molecule has 3 rings (SSSR count). The van der Waals surface area contributed by atoms with E-state index in [2.05, 4.69) is 4.72 Å². The second kappa shape index (κ2) is 8.30. The van der Waals surface area contributed by atoms with E-state index in [9.17, 15) is 13.2 Å². The molecule has 26 heavy (non-hydrogen) atoms. The first-order valence-corrected chi connectivity index (χ1v) is 11.0. The van der Waals surface area contributed by atoms with Crippen molar-refractivity contribution in [2.24, 2.45) is 5.73 Å². The molecule has 2 aromatic rings. The Balaban J connectivity index is 1.59. The minimum atomic E-state index is -3.57. The van der Waals surface area contributed by atoms with Gasteiger partial charge in [-0.1, -0.05) is 6.07 Å². The largest absolute Gasteiger partial charge is 0.339 e. The molecule has 0 aliphatic carbocycles. The second-order valence-corrected chi connectivity index (χ2v) is 9.18. The maximum absolute atomic E-state index is 12.5. The summed E-state index contributed by atoms with van der Waals surface area (Å²) in [5, 5.41) is 1.97. The molecule has 0 unspecified atom stereocenters. The van der Waals surface area contributed by atoms with E-state index in [1.165, 1.54) is 12.1 Å². The van der Waals surface area contributed by atoms with E-state index in [0.29, 0.717) is 31.6 Å². The normalized spacial score (nSPS) is 16.0. The zero-order valence-corrected chi connectivity index (χ0v) is 16.1. The topological polar surface area (TPSA) is 92.5 Å². The third-order valence-corrected chi connectivity index (χ3v) is 6.90. The number of hydrogen-bond acceptors (Lipinski definition) is 5. The number of thiophene rings is 1. The van der Waals surface area contributed by atoms with Crippen LogP contribution in [-0.4, -0.2) is 44.9 Å². The fourth-order valence-corrected chi connectivity index (χ4v) is 4.65. The number of piperidine rings is 1. The maximum atomic E-state index is 12.5. The molecule has 1 saturated heterocycles. The van der Waals surface area contributed by atoms with Gasteiger partial charge in [0, 0.05) is 36.1 Å². The summed E-state index contributed by atoms with van der Waals surface area (Å²) in [6.07, 6.45) is 2.25. The first-order valence-electron chi connectivity index (χ1n) is 8.63. The molecule has 0 spiro atoms. The van der Waals surface area contributed by atoms with Gasteiger partial charge in [0.15, 0.2) is 0 Å². The van der Waals surface area contributed by atoms with Gasteiger partial charge in [-0.15, -0.1) is 11.3 Å². The van der Waals surface area contributed by atoms with E-state index in [4.69, 9.17) is 5.73 Å². The molecule has 2 heterocycles. The van der Waals surface area contributed by atoms with E-state index in [0.717, 1.165) is 17.7 Å². The van der Waals surface area contributed by atoms with Crippen LogP contribution in [0, 0.1) is 0 Å². The van der Waals surface area contributed by atoms with Crippen LogP contribution >= 0.6 is 11.3 Å². The number of sulfonamides is 1. The minimum Gasteiger partial charge on any atom is -0.339 e. The highest BCUT2D eigenvalue weighted by Crippen LogP contribution is 2.16. The number of carbonyl (C=O) groups is 1. The standard InChI is InChI=1S/C18H23N3O3S2/c19-15-8-11-21(12-9-15)18(22)14-3-5-17(6-4-14)26(23,24)20-10-7-16-2-1-13-25-16/h1-6,13,15,20H,7-12,19H2. The molecular formula is C18H23N3O3S2. The van der Waals surface area contributed by atoms with Crippen molar-refractivity contribution >= 4 is 27.3 Å². The summed E-state index contributed by atoms with van der Waals surface area (Å²) in [6.45, 7) is 1.63. The van der Waals surface area contributed by atoms with Crippen LogP contribution in [0.1, 0.15) is 28.1 Å². The summed E-state index contributed by atoms with van der Waals surface area (Å²) in [6, 6.07) is 10.2. The lowest BCUT2D eigenvalue weighted by molar-refractivity contribution is 0.0714. The number of nitrogens with two attached hydrogens (primary N) is 1. The van der Waals surface area contributed by atoms with Crippen LogP contribution < -0.4 is 10.5 Å². The van der Waals surface area contributed by atoms with Gasteiger partial charge in [-0.05, 0) is 55.0 Å². The van der Waals surface area contributed by atoms with E-state index < -0.39 is 10.0 Å². The van der Waals surface area contributed by atoms with Crippen molar-refractivity contribution in [3.8, 4) is 0 Å². The highest BCUT2D eigenvalue weighted by Gasteiger charge is 2.22. The third kappa shape index (κ3) is 4.70. The Morgan fingerprint density at radius 2 is 1.88 bits per heavy atom. The monoisotopic (exact) mass is 393 g/mol. The lowest BCUT2D eigenvalue weighted by atomic mass is 10.1. The van der Waals surface area contributed by atoms with E-state index >= 15 is 0 Å². The van der Waals surface area contributed by atoms with E-state index in [1.807, 2.05) is 17.5 Å². The number of amides is 1. The van der Waals surface area contributed by atoms with Gasteiger partial charge >= 0.3 is 0 Å². The van der Waals surface area contributed by atoms with Crippen LogP contribution in [0.5, 0.6) is 0 Å². The lowest BCUT2D eigenvalue weighted by Gasteiger charge is -2.30. The smallest absolute Gasteiger partial charge is 0.253 e. The van der Waals surface area contributed by atoms with Crippen molar-refractivity contribution < 1.29 is 13.2 Å². The Morgan fingerprint density at radius 1 is 1.19 bits per heavy atom. The van der Waals surface area contributed by atoms with Gasteiger partial charge < -0.3 is 10.6 Å². The molecule has 8 heteroatoms. The molecule has 0 atom stereocenters. The van der Waals surface area contributed by atoms with Gasteiger partial charge in [0.1, 0.15) is 0 Å². The molecule has 140 valence electrons. The Labute approximate surface area is 158 Å². The Bertz CT molecular complexity index is 825. The highest BCUT2D eigenvalue weighted by molar-refractivity contribution is 7.89. The first kappa shape index (κ1) is 19.0. The zero-order chi connectivity index (χ0) is 18.6. The van der Waals surface area contributed by atoms with Gasteiger partial charge in [0.25, 0.3) is 5.91 Å². The summed E-state index contributed by atoms with van der Waals surface area (Å²) in [7, 11) is -3.57. The van der Waals surface area contributed by atoms with Gasteiger partial charge in [-0.2, -0.15) is 0 Å². The molecule has 1 aromatic carbocycles. The molecule has 6 nitrogen and oxygen atoms in total. The SMILES string of the molecule is NC1CCN(C(=O)c2ccc(S(=O)(=O)NCCc3cccs3)cc2)CC1. The van der Waals surface area contributed by atoms with Crippen LogP contribution in [0.4, 0.5) is 0 Å². The van der Waals surface area contributed by atoms with Gasteiger partial charge in [-0.3, -0.25) is 4.79 Å². The molecule has 3 N–H and O–H groups in total. The number of nitrogens with zero attached hydrogens (tertiary/aromatic N) is 1. The molecule has 0 bridgehead atoms. The molecule has 1 aliphatic heterocycles. The van der Waals surface area contributed by atoms with Crippen molar-refractivity contribution in [1.82, 2.24) is 9.62 Å². The highest BCUT2D eigenvalue weighted by atomic mass is 32.2. The first-order chi connectivity index (χ1) is 12.5. The number of hydrogen-bond donors (Lipinski definition) is 2. The van der Waals surface area contributed by atoms with Gasteiger partial charge in [0.2, 0.25) is 10.0 Å². The van der Waals surface area contributed by atoms with E-state index in [-0.39, 0.29) is 16.8 Å². The second-order valence-electron chi connectivity index (χ2n) is 6.38. The van der Waals surface area contributed by atoms with Crippen LogP contribution in [0.3, 0.4) is 0 Å². The molecule has 0 radical (unpaired) electrons. The summed E-state index contributed by atoms with van der Waals surface area (Å²) < 4.78 is 27.3. The van der Waals surface area contributed by atoms with Gasteiger partial charge in [0.05, 0.1) is 4.90 Å². The zero-order valence-electron chi connectivity index (χ0n) is 14.4. The quantitative estimate of drug-likeness (QED) is 0.783. The summed E-state index contributed by atoms with van der Waals surface area (Å²) in [4.78, 5) is 15.6. The van der Waals surface area contributed by atoms with Crippen molar-refractivity contribution in [3.05, 3.63) is 52.2 Å². The number of rotatable bonds is 6. The van der Waals surface area contributed by atoms with Crippen molar-refractivity contribution in [2.45, 2.75) is 30.2 Å². The maximum Gasteiger partial charge on any atom is 0.253 e. The van der Waals surface area contributed by atoms with Crippen LogP contribution in [0.25, 0.3) is 0 Å². The Morgan fingerprint density at radius 3 is 2.50 bits per heavy atom. The third-order valence-electron chi connectivity index (χ3n) is 4.48. The van der Waals surface area contributed by atoms with Crippen molar-refractivity contribution in [3.63, 3.8) is 0 Å². The predicted octanol–water partition coefficient (Wildman–Crippen LogP) is 1.83. The Hall–Kier alpha value is -1.74. The summed E-state index contributed by atoms with van der Waals surface area (Å²) >= 11 is 1.60. The lowest BCUT2D eigenvalue weighted by Crippen LogP contribution is -2.42. The van der Waals surface area contributed by atoms with Gasteiger partial charge in [-0.25, -0.2) is 13.1 Å². The van der Waals surface area contributed by atoms with Crippen LogP contribution in [0.15, 0.2) is 46.7 Å². The molecular weight excluding hydrogens is 370 g/mol. The fraction of sp³-hybridized carbons (Fsp3) is 0.389. The van der Waals surface area contributed by atoms with Crippen molar-refractivity contribution in [2.75, 3.05) is 19.6 Å². The number of nitrogens with one attached hydrogen (secondary N) is 1. The number of benzene rings is 1. The fourth-order valence-electron chi connectivity index (χ4n) is 2.91. The number of carbonyl (C=O) groups excluding carboxylic acids is 1. The number of likely N-dealkylation sites (tertiary alicyclic amines) is 1. The van der Waals surface area contributed by atoms with Crippen LogP contribution in [-0.2, 0) is 16.4 Å². The summed E-state index contributed by atoms with van der Waals surface area (Å²) in [5.74, 6) is -0.0773. The molecule has 1 amide bonds. The molecule has 0 saturated carbocycles. The average Bonchev–Trinajstić information content (AvgIpc) is 3.15. The average molecular weight is 394 g/mol. The van der Waals surface area contributed by atoms with Crippen molar-refractivity contribution in [1.29, 1.82) is 0 Å². The Kier molecular flexibility index (Phi) is 6.08. The van der Waals surface area contributed by atoms with E-state index in [1.54, 1.807) is 28.4 Å².